The Morgan fingerprint density at radius 2 is 1.73 bits per heavy atom. The average molecular weight is 445 g/mol. The number of hydrogen-bond acceptors (Lipinski definition) is 6. The Bertz CT molecular complexity index is 1200. The van der Waals surface area contributed by atoms with E-state index in [0.717, 1.165) is 0 Å². The van der Waals surface area contributed by atoms with E-state index in [1.165, 1.54) is 18.2 Å². The Hall–Kier alpha value is -3.23. The second-order valence-corrected chi connectivity index (χ2v) is 8.70. The SMILES string of the molecule is O=C(CNc1cccc(Cl)c1S(=O)(=O)c1ccccc1)Nc1ccc2c(c1)OCO2. The molecule has 4 rings (SSSR count). The van der Waals surface area contributed by atoms with Gasteiger partial charge >= 0.3 is 0 Å². The summed E-state index contributed by atoms with van der Waals surface area (Å²) in [6, 6.07) is 17.7. The summed E-state index contributed by atoms with van der Waals surface area (Å²) in [6.07, 6.45) is 0. The molecule has 0 unspecified atom stereocenters. The van der Waals surface area contributed by atoms with Gasteiger partial charge in [-0.3, -0.25) is 4.79 Å². The number of halogens is 1. The summed E-state index contributed by atoms with van der Waals surface area (Å²) in [5.74, 6) is 0.796. The maximum Gasteiger partial charge on any atom is 0.243 e. The highest BCUT2D eigenvalue weighted by Crippen LogP contribution is 2.35. The third kappa shape index (κ3) is 4.05. The van der Waals surface area contributed by atoms with Crippen LogP contribution in [-0.2, 0) is 14.6 Å². The van der Waals surface area contributed by atoms with Gasteiger partial charge in [-0.25, -0.2) is 8.42 Å². The lowest BCUT2D eigenvalue weighted by molar-refractivity contribution is -0.114. The first-order chi connectivity index (χ1) is 14.4. The molecule has 9 heteroatoms. The van der Waals surface area contributed by atoms with Gasteiger partial charge in [-0.1, -0.05) is 35.9 Å². The first kappa shape index (κ1) is 20.1. The van der Waals surface area contributed by atoms with Crippen molar-refractivity contribution < 1.29 is 22.7 Å². The van der Waals surface area contributed by atoms with E-state index in [1.54, 1.807) is 48.5 Å². The van der Waals surface area contributed by atoms with Gasteiger partial charge in [-0.15, -0.1) is 0 Å². The summed E-state index contributed by atoms with van der Waals surface area (Å²) in [6.45, 7) is -0.0200. The van der Waals surface area contributed by atoms with E-state index in [0.29, 0.717) is 17.2 Å². The Kier molecular flexibility index (Phi) is 5.52. The smallest absolute Gasteiger partial charge is 0.243 e. The molecule has 1 amide bonds. The Balaban J connectivity index is 1.51. The first-order valence-corrected chi connectivity index (χ1v) is 10.8. The molecule has 0 atom stereocenters. The maximum absolute atomic E-state index is 13.1. The zero-order valence-corrected chi connectivity index (χ0v) is 17.2. The number of hydrogen-bond donors (Lipinski definition) is 2. The molecule has 0 saturated carbocycles. The highest BCUT2D eigenvalue weighted by molar-refractivity contribution is 7.91. The molecule has 0 radical (unpaired) electrons. The molecular weight excluding hydrogens is 428 g/mol. The van der Waals surface area contributed by atoms with Crippen molar-refractivity contribution in [2.75, 3.05) is 24.0 Å². The van der Waals surface area contributed by atoms with E-state index in [1.807, 2.05) is 0 Å². The number of anilines is 2. The van der Waals surface area contributed by atoms with E-state index in [9.17, 15) is 13.2 Å². The van der Waals surface area contributed by atoms with Crippen molar-refractivity contribution in [2.45, 2.75) is 9.79 Å². The van der Waals surface area contributed by atoms with Crippen molar-refractivity contribution in [3.05, 3.63) is 71.8 Å². The van der Waals surface area contributed by atoms with Crippen molar-refractivity contribution in [3.8, 4) is 11.5 Å². The number of rotatable bonds is 6. The van der Waals surface area contributed by atoms with Gasteiger partial charge in [0.15, 0.2) is 11.5 Å². The van der Waals surface area contributed by atoms with Crippen LogP contribution in [-0.4, -0.2) is 27.7 Å². The molecule has 1 aliphatic heterocycles. The monoisotopic (exact) mass is 444 g/mol. The summed E-state index contributed by atoms with van der Waals surface area (Å²) >= 11 is 6.22. The van der Waals surface area contributed by atoms with Crippen LogP contribution in [0.25, 0.3) is 0 Å². The van der Waals surface area contributed by atoms with Crippen molar-refractivity contribution in [3.63, 3.8) is 0 Å². The van der Waals surface area contributed by atoms with Crippen molar-refractivity contribution in [1.82, 2.24) is 0 Å². The molecule has 3 aromatic rings. The molecule has 2 N–H and O–H groups in total. The summed E-state index contributed by atoms with van der Waals surface area (Å²) < 4.78 is 36.7. The van der Waals surface area contributed by atoms with Crippen molar-refractivity contribution in [1.29, 1.82) is 0 Å². The molecule has 1 aliphatic rings. The lowest BCUT2D eigenvalue weighted by atomic mass is 10.2. The summed E-state index contributed by atoms with van der Waals surface area (Å²) in [7, 11) is -3.87. The fourth-order valence-electron chi connectivity index (χ4n) is 2.99. The lowest BCUT2D eigenvalue weighted by Gasteiger charge is -2.14. The van der Waals surface area contributed by atoms with Crippen LogP contribution < -0.4 is 20.1 Å². The third-order valence-electron chi connectivity index (χ3n) is 4.38. The van der Waals surface area contributed by atoms with Gasteiger partial charge in [0.25, 0.3) is 0 Å². The minimum Gasteiger partial charge on any atom is -0.454 e. The Morgan fingerprint density at radius 3 is 2.53 bits per heavy atom. The van der Waals surface area contributed by atoms with Gasteiger partial charge in [0.1, 0.15) is 4.90 Å². The molecule has 0 fully saturated rings. The zero-order valence-electron chi connectivity index (χ0n) is 15.6. The topological polar surface area (TPSA) is 93.7 Å². The molecule has 0 saturated heterocycles. The fraction of sp³-hybridized carbons (Fsp3) is 0.0952. The van der Waals surface area contributed by atoms with E-state index in [4.69, 9.17) is 21.1 Å². The first-order valence-electron chi connectivity index (χ1n) is 8.97. The summed E-state index contributed by atoms with van der Waals surface area (Å²) in [4.78, 5) is 12.4. The van der Waals surface area contributed by atoms with E-state index >= 15 is 0 Å². The maximum atomic E-state index is 13.1. The van der Waals surface area contributed by atoms with Crippen LogP contribution in [0.4, 0.5) is 11.4 Å². The number of benzene rings is 3. The quantitative estimate of drug-likeness (QED) is 0.598. The van der Waals surface area contributed by atoms with Crippen molar-refractivity contribution in [2.24, 2.45) is 0 Å². The Morgan fingerprint density at radius 1 is 0.967 bits per heavy atom. The number of sulfone groups is 1. The molecule has 0 spiro atoms. The average Bonchev–Trinajstić information content (AvgIpc) is 3.20. The Labute approximate surface area is 178 Å². The van der Waals surface area contributed by atoms with Crippen LogP contribution in [0.15, 0.2) is 76.5 Å². The molecule has 0 bridgehead atoms. The van der Waals surface area contributed by atoms with Crippen LogP contribution in [0, 0.1) is 0 Å². The second-order valence-electron chi connectivity index (χ2n) is 6.40. The van der Waals surface area contributed by atoms with Crippen LogP contribution >= 0.6 is 11.6 Å². The molecule has 1 heterocycles. The number of carbonyl (C=O) groups excluding carboxylic acids is 1. The minimum atomic E-state index is -3.87. The van der Waals surface area contributed by atoms with Crippen molar-refractivity contribution >= 4 is 38.7 Å². The molecule has 0 aliphatic carbocycles. The van der Waals surface area contributed by atoms with Crippen LogP contribution in [0.5, 0.6) is 11.5 Å². The molecular formula is C21H17ClN2O5S. The predicted molar refractivity (Wildman–Crippen MR) is 113 cm³/mol. The number of amides is 1. The summed E-state index contributed by atoms with van der Waals surface area (Å²) in [5, 5.41) is 5.67. The zero-order chi connectivity index (χ0) is 21.1. The van der Waals surface area contributed by atoms with Crippen LogP contribution in [0.1, 0.15) is 0 Å². The molecule has 0 aromatic heterocycles. The third-order valence-corrected chi connectivity index (χ3v) is 6.68. The molecule has 3 aromatic carbocycles. The second kappa shape index (κ2) is 8.25. The van der Waals surface area contributed by atoms with Gasteiger partial charge in [-0.2, -0.15) is 0 Å². The van der Waals surface area contributed by atoms with Gasteiger partial charge in [0, 0.05) is 11.8 Å². The van der Waals surface area contributed by atoms with E-state index in [-0.39, 0.29) is 39.7 Å². The fourth-order valence-corrected chi connectivity index (χ4v) is 4.98. The standard InChI is InChI=1S/C21H17ClN2O5S/c22-16-7-4-8-17(21(16)30(26,27)15-5-2-1-3-6-15)23-12-20(25)24-14-9-10-18-19(11-14)29-13-28-18/h1-11,23H,12-13H2,(H,24,25). The molecule has 30 heavy (non-hydrogen) atoms. The number of carbonyl (C=O) groups is 1. The van der Waals surface area contributed by atoms with Gasteiger partial charge in [-0.05, 0) is 36.4 Å². The highest BCUT2D eigenvalue weighted by atomic mass is 35.5. The minimum absolute atomic E-state index is 0.0695. The van der Waals surface area contributed by atoms with Crippen LogP contribution in [0.2, 0.25) is 5.02 Å². The van der Waals surface area contributed by atoms with Crippen LogP contribution in [0.3, 0.4) is 0 Å². The van der Waals surface area contributed by atoms with E-state index in [2.05, 4.69) is 10.6 Å². The van der Waals surface area contributed by atoms with Gasteiger partial charge < -0.3 is 20.1 Å². The van der Waals surface area contributed by atoms with E-state index < -0.39 is 9.84 Å². The normalized spacial score (nSPS) is 12.4. The summed E-state index contributed by atoms with van der Waals surface area (Å²) in [5.41, 5.74) is 0.779. The van der Waals surface area contributed by atoms with Gasteiger partial charge in [0.05, 0.1) is 22.2 Å². The largest absolute Gasteiger partial charge is 0.454 e. The lowest BCUT2D eigenvalue weighted by Crippen LogP contribution is -2.22. The number of nitrogens with one attached hydrogen (secondary N) is 2. The number of ether oxygens (including phenoxy) is 2. The molecule has 7 nitrogen and oxygen atoms in total. The predicted octanol–water partition coefficient (Wildman–Crippen LogP) is 3.95. The number of fused-ring (bicyclic) bond motifs is 1. The highest BCUT2D eigenvalue weighted by Gasteiger charge is 2.24. The molecule has 154 valence electrons. The van der Waals surface area contributed by atoms with Gasteiger partial charge in [0.2, 0.25) is 22.5 Å².